The van der Waals surface area contributed by atoms with Crippen LogP contribution in [0.1, 0.15) is 22.8 Å². The molecule has 86 valence electrons. The predicted octanol–water partition coefficient (Wildman–Crippen LogP) is 2.14. The van der Waals surface area contributed by atoms with Gasteiger partial charge in [-0.3, -0.25) is 0 Å². The number of nitrogens with zero attached hydrogens (tertiary/aromatic N) is 3. The Bertz CT molecular complexity index is 569. The Labute approximate surface area is 98.6 Å². The SMILES string of the molecule is Cc1nc(COc2cc(C#N)ccc2C)no1. The molecule has 0 amide bonds. The largest absolute Gasteiger partial charge is 0.485 e. The third-order valence-electron chi connectivity index (χ3n) is 2.24. The molecule has 1 heterocycles. The molecule has 0 saturated carbocycles. The molecule has 1 aromatic heterocycles. The van der Waals surface area contributed by atoms with Crippen molar-refractivity contribution in [3.05, 3.63) is 41.0 Å². The molecule has 0 spiro atoms. The molecule has 5 nitrogen and oxygen atoms in total. The van der Waals surface area contributed by atoms with Crippen molar-refractivity contribution in [3.63, 3.8) is 0 Å². The lowest BCUT2D eigenvalue weighted by atomic mass is 10.1. The molecule has 0 aliphatic rings. The predicted molar refractivity (Wildman–Crippen MR) is 59.3 cm³/mol. The smallest absolute Gasteiger partial charge is 0.223 e. The van der Waals surface area contributed by atoms with Gasteiger partial charge in [-0.05, 0) is 24.6 Å². The van der Waals surface area contributed by atoms with Crippen LogP contribution in [0.3, 0.4) is 0 Å². The number of hydrogen-bond donors (Lipinski definition) is 0. The van der Waals surface area contributed by atoms with E-state index in [0.29, 0.717) is 23.0 Å². The summed E-state index contributed by atoms with van der Waals surface area (Å²) in [4.78, 5) is 4.03. The maximum absolute atomic E-state index is 8.80. The number of benzene rings is 1. The van der Waals surface area contributed by atoms with E-state index in [1.807, 2.05) is 13.0 Å². The summed E-state index contributed by atoms with van der Waals surface area (Å²) < 4.78 is 10.4. The van der Waals surface area contributed by atoms with Crippen molar-refractivity contribution in [2.24, 2.45) is 0 Å². The van der Waals surface area contributed by atoms with Gasteiger partial charge in [0.15, 0.2) is 6.61 Å². The van der Waals surface area contributed by atoms with E-state index >= 15 is 0 Å². The molecule has 0 unspecified atom stereocenters. The fourth-order valence-electron chi connectivity index (χ4n) is 1.37. The van der Waals surface area contributed by atoms with Crippen molar-refractivity contribution in [2.75, 3.05) is 0 Å². The summed E-state index contributed by atoms with van der Waals surface area (Å²) in [7, 11) is 0. The van der Waals surface area contributed by atoms with Gasteiger partial charge in [-0.25, -0.2) is 0 Å². The molecule has 0 saturated heterocycles. The van der Waals surface area contributed by atoms with Crippen LogP contribution in [0.4, 0.5) is 0 Å². The molecule has 0 radical (unpaired) electrons. The van der Waals surface area contributed by atoms with Crippen LogP contribution >= 0.6 is 0 Å². The third kappa shape index (κ3) is 2.61. The zero-order valence-electron chi connectivity index (χ0n) is 9.60. The van der Waals surface area contributed by atoms with Gasteiger partial charge < -0.3 is 9.26 Å². The van der Waals surface area contributed by atoms with Gasteiger partial charge in [-0.2, -0.15) is 10.2 Å². The second kappa shape index (κ2) is 4.66. The van der Waals surface area contributed by atoms with Crippen LogP contribution in [-0.4, -0.2) is 10.1 Å². The van der Waals surface area contributed by atoms with E-state index in [-0.39, 0.29) is 6.61 Å². The Morgan fingerprint density at radius 3 is 2.88 bits per heavy atom. The zero-order valence-corrected chi connectivity index (χ0v) is 9.60. The van der Waals surface area contributed by atoms with Crippen LogP contribution in [0.2, 0.25) is 0 Å². The summed E-state index contributed by atoms with van der Waals surface area (Å²) in [5, 5.41) is 12.5. The van der Waals surface area contributed by atoms with E-state index in [1.165, 1.54) is 0 Å². The van der Waals surface area contributed by atoms with Gasteiger partial charge in [0.1, 0.15) is 5.75 Å². The molecule has 0 aliphatic heterocycles. The number of aromatic nitrogens is 2. The Hall–Kier alpha value is -2.35. The molecule has 17 heavy (non-hydrogen) atoms. The number of ether oxygens (including phenoxy) is 1. The summed E-state index contributed by atoms with van der Waals surface area (Å²) >= 11 is 0. The molecular weight excluding hydrogens is 218 g/mol. The zero-order chi connectivity index (χ0) is 12.3. The van der Waals surface area contributed by atoms with Gasteiger partial charge in [0.05, 0.1) is 11.6 Å². The molecule has 5 heteroatoms. The van der Waals surface area contributed by atoms with Crippen LogP contribution in [-0.2, 0) is 6.61 Å². The third-order valence-corrected chi connectivity index (χ3v) is 2.24. The monoisotopic (exact) mass is 229 g/mol. The Kier molecular flexibility index (Phi) is 3.06. The van der Waals surface area contributed by atoms with Gasteiger partial charge in [0, 0.05) is 6.92 Å². The molecule has 0 aliphatic carbocycles. The van der Waals surface area contributed by atoms with Crippen LogP contribution in [0.25, 0.3) is 0 Å². The quantitative estimate of drug-likeness (QED) is 0.806. The summed E-state index contributed by atoms with van der Waals surface area (Å²) in [5.41, 5.74) is 1.53. The van der Waals surface area contributed by atoms with Crippen LogP contribution in [0.5, 0.6) is 5.75 Å². The maximum atomic E-state index is 8.80. The molecule has 0 N–H and O–H groups in total. The summed E-state index contributed by atoms with van der Waals surface area (Å²) in [6.45, 7) is 3.86. The summed E-state index contributed by atoms with van der Waals surface area (Å²) in [5.74, 6) is 1.65. The summed E-state index contributed by atoms with van der Waals surface area (Å²) in [6.07, 6.45) is 0. The van der Waals surface area contributed by atoms with Crippen LogP contribution < -0.4 is 4.74 Å². The first kappa shape index (κ1) is 11.1. The minimum Gasteiger partial charge on any atom is -0.485 e. The number of rotatable bonds is 3. The van der Waals surface area contributed by atoms with Crippen molar-refractivity contribution in [2.45, 2.75) is 20.5 Å². The molecule has 0 fully saturated rings. The highest BCUT2D eigenvalue weighted by molar-refractivity contribution is 5.41. The van der Waals surface area contributed by atoms with E-state index < -0.39 is 0 Å². The minimum atomic E-state index is 0.229. The molecule has 2 rings (SSSR count). The van der Waals surface area contributed by atoms with Gasteiger partial charge in [-0.15, -0.1) is 0 Å². The average molecular weight is 229 g/mol. The molecular formula is C12H11N3O2. The number of hydrogen-bond acceptors (Lipinski definition) is 5. The second-order valence-corrected chi connectivity index (χ2v) is 3.61. The first-order valence-corrected chi connectivity index (χ1v) is 5.12. The highest BCUT2D eigenvalue weighted by atomic mass is 16.5. The van der Waals surface area contributed by atoms with E-state index in [1.54, 1.807) is 19.1 Å². The Balaban J connectivity index is 2.11. The fraction of sp³-hybridized carbons (Fsp3) is 0.250. The lowest BCUT2D eigenvalue weighted by Gasteiger charge is -2.06. The van der Waals surface area contributed by atoms with Crippen molar-refractivity contribution in [1.29, 1.82) is 5.26 Å². The van der Waals surface area contributed by atoms with E-state index in [2.05, 4.69) is 16.2 Å². The summed E-state index contributed by atoms with van der Waals surface area (Å²) in [6, 6.07) is 7.36. The average Bonchev–Trinajstić information content (AvgIpc) is 2.74. The normalized spacial score (nSPS) is 9.94. The molecule has 0 bridgehead atoms. The van der Waals surface area contributed by atoms with E-state index in [0.717, 1.165) is 5.56 Å². The van der Waals surface area contributed by atoms with Crippen LogP contribution in [0, 0.1) is 25.2 Å². The molecule has 2 aromatic rings. The topological polar surface area (TPSA) is 71.9 Å². The van der Waals surface area contributed by atoms with Gasteiger partial charge in [0.25, 0.3) is 0 Å². The minimum absolute atomic E-state index is 0.229. The molecule has 0 atom stereocenters. The van der Waals surface area contributed by atoms with Crippen molar-refractivity contribution in [1.82, 2.24) is 10.1 Å². The lowest BCUT2D eigenvalue weighted by molar-refractivity contribution is 0.284. The first-order chi connectivity index (χ1) is 8.19. The van der Waals surface area contributed by atoms with Gasteiger partial charge in [0.2, 0.25) is 11.7 Å². The first-order valence-electron chi connectivity index (χ1n) is 5.12. The second-order valence-electron chi connectivity index (χ2n) is 3.61. The van der Waals surface area contributed by atoms with Crippen molar-refractivity contribution < 1.29 is 9.26 Å². The van der Waals surface area contributed by atoms with Gasteiger partial charge in [-0.1, -0.05) is 11.2 Å². The van der Waals surface area contributed by atoms with E-state index in [9.17, 15) is 0 Å². The maximum Gasteiger partial charge on any atom is 0.223 e. The standard InChI is InChI=1S/C12H11N3O2/c1-8-3-4-10(6-13)5-11(8)16-7-12-14-9(2)17-15-12/h3-5H,7H2,1-2H3. The number of nitriles is 1. The van der Waals surface area contributed by atoms with Gasteiger partial charge >= 0.3 is 0 Å². The highest BCUT2D eigenvalue weighted by Crippen LogP contribution is 2.20. The van der Waals surface area contributed by atoms with Crippen molar-refractivity contribution in [3.8, 4) is 11.8 Å². The highest BCUT2D eigenvalue weighted by Gasteiger charge is 2.05. The van der Waals surface area contributed by atoms with Crippen molar-refractivity contribution >= 4 is 0 Å². The van der Waals surface area contributed by atoms with E-state index in [4.69, 9.17) is 14.5 Å². The Morgan fingerprint density at radius 1 is 1.41 bits per heavy atom. The number of aryl methyl sites for hydroxylation is 2. The molecule has 1 aromatic carbocycles. The lowest BCUT2D eigenvalue weighted by Crippen LogP contribution is -1.99. The Morgan fingerprint density at radius 2 is 2.24 bits per heavy atom. The fourth-order valence-corrected chi connectivity index (χ4v) is 1.37. The van der Waals surface area contributed by atoms with Crippen LogP contribution in [0.15, 0.2) is 22.7 Å².